The highest BCUT2D eigenvalue weighted by molar-refractivity contribution is 6.01. The number of hydrogen-bond donors (Lipinski definition) is 1. The highest BCUT2D eigenvalue weighted by Crippen LogP contribution is 2.19. The number of ether oxygens (including phenoxy) is 2. The SMILES string of the molecule is CC/C(=N/NC(=O)COc1cc(C)ccc1C)c1ccc(OCC(=O)[O-])cc1. The van der Waals surface area contributed by atoms with E-state index in [1.807, 2.05) is 39.0 Å². The minimum atomic E-state index is -1.29. The van der Waals surface area contributed by atoms with Crippen molar-refractivity contribution in [3.8, 4) is 11.5 Å². The molecule has 7 nitrogen and oxygen atoms in total. The van der Waals surface area contributed by atoms with E-state index in [1.165, 1.54) is 0 Å². The highest BCUT2D eigenvalue weighted by atomic mass is 16.5. The zero-order valence-electron chi connectivity index (χ0n) is 16.2. The molecular weight excluding hydrogens is 360 g/mol. The third kappa shape index (κ3) is 6.42. The molecule has 0 saturated heterocycles. The second-order valence-corrected chi connectivity index (χ2v) is 6.19. The summed E-state index contributed by atoms with van der Waals surface area (Å²) in [4.78, 5) is 22.5. The average Bonchev–Trinajstić information content (AvgIpc) is 2.68. The Balaban J connectivity index is 1.93. The monoisotopic (exact) mass is 383 g/mol. The molecule has 1 N–H and O–H groups in total. The van der Waals surface area contributed by atoms with Gasteiger partial charge in [0.05, 0.1) is 11.7 Å². The fourth-order valence-corrected chi connectivity index (χ4v) is 2.40. The summed E-state index contributed by atoms with van der Waals surface area (Å²) in [5, 5.41) is 14.6. The summed E-state index contributed by atoms with van der Waals surface area (Å²) in [5.41, 5.74) is 5.97. The van der Waals surface area contributed by atoms with Crippen molar-refractivity contribution in [2.45, 2.75) is 27.2 Å². The lowest BCUT2D eigenvalue weighted by molar-refractivity contribution is -0.307. The summed E-state index contributed by atoms with van der Waals surface area (Å²) in [6, 6.07) is 12.6. The number of nitrogens with zero attached hydrogens (tertiary/aromatic N) is 1. The molecule has 148 valence electrons. The summed E-state index contributed by atoms with van der Waals surface area (Å²) in [6.45, 7) is 5.14. The van der Waals surface area contributed by atoms with Crippen LogP contribution in [-0.2, 0) is 9.59 Å². The van der Waals surface area contributed by atoms with Crippen LogP contribution in [0.4, 0.5) is 0 Å². The molecule has 0 aliphatic carbocycles. The number of rotatable bonds is 9. The van der Waals surface area contributed by atoms with Crippen molar-refractivity contribution >= 4 is 17.6 Å². The van der Waals surface area contributed by atoms with E-state index < -0.39 is 12.6 Å². The molecule has 0 atom stereocenters. The van der Waals surface area contributed by atoms with Gasteiger partial charge in [0.2, 0.25) is 0 Å². The predicted octanol–water partition coefficient (Wildman–Crippen LogP) is 1.74. The van der Waals surface area contributed by atoms with Crippen molar-refractivity contribution in [2.75, 3.05) is 13.2 Å². The first-order valence-corrected chi connectivity index (χ1v) is 8.87. The number of carboxylic acid groups (broad SMARTS) is 1. The molecule has 0 unspecified atom stereocenters. The average molecular weight is 383 g/mol. The molecule has 0 aliphatic heterocycles. The Bertz CT molecular complexity index is 860. The number of benzene rings is 2. The Morgan fingerprint density at radius 3 is 2.39 bits per heavy atom. The standard InChI is InChI=1S/C21H24N2O5/c1-4-18(16-7-9-17(10-8-16)27-13-21(25)26)22-23-20(24)12-28-19-11-14(2)5-6-15(19)3/h5-11H,4,12-13H2,1-3H3,(H,23,24)(H,25,26)/p-1/b22-18-. The topological polar surface area (TPSA) is 100 Å². The number of carbonyl (C=O) groups is 2. The van der Waals surface area contributed by atoms with E-state index in [9.17, 15) is 14.7 Å². The van der Waals surface area contributed by atoms with Gasteiger partial charge in [0, 0.05) is 0 Å². The number of amides is 1. The molecule has 0 aliphatic rings. The van der Waals surface area contributed by atoms with Crippen LogP contribution < -0.4 is 20.0 Å². The quantitative estimate of drug-likeness (QED) is 0.525. The summed E-state index contributed by atoms with van der Waals surface area (Å²) in [7, 11) is 0. The van der Waals surface area contributed by atoms with Crippen LogP contribution in [0.5, 0.6) is 11.5 Å². The summed E-state index contributed by atoms with van der Waals surface area (Å²) in [6.07, 6.45) is 0.595. The number of carbonyl (C=O) groups excluding carboxylic acids is 2. The van der Waals surface area contributed by atoms with Gasteiger partial charge in [-0.25, -0.2) is 5.43 Å². The van der Waals surface area contributed by atoms with Crippen molar-refractivity contribution in [2.24, 2.45) is 5.10 Å². The Hall–Kier alpha value is -3.35. The first-order valence-electron chi connectivity index (χ1n) is 8.87. The molecule has 0 radical (unpaired) electrons. The molecule has 0 aromatic heterocycles. The van der Waals surface area contributed by atoms with Gasteiger partial charge in [0.15, 0.2) is 6.61 Å². The Morgan fingerprint density at radius 2 is 1.75 bits per heavy atom. The largest absolute Gasteiger partial charge is 0.546 e. The fourth-order valence-electron chi connectivity index (χ4n) is 2.40. The number of hydrogen-bond acceptors (Lipinski definition) is 6. The second-order valence-electron chi connectivity index (χ2n) is 6.19. The molecule has 0 saturated carbocycles. The van der Waals surface area contributed by atoms with Crippen molar-refractivity contribution < 1.29 is 24.2 Å². The van der Waals surface area contributed by atoms with Crippen LogP contribution in [0.3, 0.4) is 0 Å². The van der Waals surface area contributed by atoms with Crippen LogP contribution in [0.25, 0.3) is 0 Å². The van der Waals surface area contributed by atoms with Gasteiger partial charge in [-0.2, -0.15) is 5.10 Å². The molecule has 1 amide bonds. The van der Waals surface area contributed by atoms with E-state index in [4.69, 9.17) is 9.47 Å². The fraction of sp³-hybridized carbons (Fsp3) is 0.286. The van der Waals surface area contributed by atoms with Crippen molar-refractivity contribution in [3.05, 3.63) is 59.2 Å². The van der Waals surface area contributed by atoms with Crippen molar-refractivity contribution in [1.82, 2.24) is 5.43 Å². The summed E-state index contributed by atoms with van der Waals surface area (Å²) >= 11 is 0. The molecule has 2 rings (SSSR count). The van der Waals surface area contributed by atoms with Gasteiger partial charge in [-0.05, 0) is 67.3 Å². The maximum atomic E-state index is 12.0. The lowest BCUT2D eigenvalue weighted by Crippen LogP contribution is -2.28. The third-order valence-corrected chi connectivity index (χ3v) is 3.90. The van der Waals surface area contributed by atoms with Crippen LogP contribution in [0.2, 0.25) is 0 Å². The molecule has 7 heteroatoms. The minimum absolute atomic E-state index is 0.138. The predicted molar refractivity (Wildman–Crippen MR) is 103 cm³/mol. The smallest absolute Gasteiger partial charge is 0.277 e. The van der Waals surface area contributed by atoms with Crippen LogP contribution in [-0.4, -0.2) is 30.8 Å². The molecule has 2 aromatic carbocycles. The third-order valence-electron chi connectivity index (χ3n) is 3.90. The first kappa shape index (κ1) is 21.0. The normalized spacial score (nSPS) is 11.0. The summed E-state index contributed by atoms with van der Waals surface area (Å²) < 4.78 is 10.6. The number of hydrazone groups is 1. The first-order chi connectivity index (χ1) is 13.4. The number of carboxylic acids is 1. The van der Waals surface area contributed by atoms with Gasteiger partial charge in [-0.15, -0.1) is 0 Å². The van der Waals surface area contributed by atoms with Gasteiger partial charge in [0.1, 0.15) is 18.1 Å². The number of aryl methyl sites for hydroxylation is 2. The van der Waals surface area contributed by atoms with E-state index in [1.54, 1.807) is 24.3 Å². The van der Waals surface area contributed by atoms with Gasteiger partial charge in [-0.3, -0.25) is 4.79 Å². The lowest BCUT2D eigenvalue weighted by Gasteiger charge is -2.10. The number of aliphatic carboxylic acids is 1. The molecule has 2 aromatic rings. The molecule has 0 heterocycles. The van der Waals surface area contributed by atoms with E-state index in [2.05, 4.69) is 10.5 Å². The van der Waals surface area contributed by atoms with Gasteiger partial charge >= 0.3 is 0 Å². The van der Waals surface area contributed by atoms with E-state index >= 15 is 0 Å². The Labute approximate surface area is 164 Å². The minimum Gasteiger partial charge on any atom is -0.546 e. The highest BCUT2D eigenvalue weighted by Gasteiger charge is 2.07. The van der Waals surface area contributed by atoms with Crippen LogP contribution in [0, 0.1) is 13.8 Å². The Morgan fingerprint density at radius 1 is 1.04 bits per heavy atom. The van der Waals surface area contributed by atoms with Crippen molar-refractivity contribution in [1.29, 1.82) is 0 Å². The van der Waals surface area contributed by atoms with E-state index in [-0.39, 0.29) is 12.5 Å². The van der Waals surface area contributed by atoms with Crippen molar-refractivity contribution in [3.63, 3.8) is 0 Å². The van der Waals surface area contributed by atoms with Crippen LogP contribution in [0.15, 0.2) is 47.6 Å². The van der Waals surface area contributed by atoms with Gasteiger partial charge < -0.3 is 19.4 Å². The van der Waals surface area contributed by atoms with Gasteiger partial charge in [-0.1, -0.05) is 19.1 Å². The van der Waals surface area contributed by atoms with Crippen LogP contribution >= 0.6 is 0 Å². The maximum Gasteiger partial charge on any atom is 0.277 e. The zero-order valence-corrected chi connectivity index (χ0v) is 16.2. The van der Waals surface area contributed by atoms with Crippen LogP contribution in [0.1, 0.15) is 30.0 Å². The summed E-state index contributed by atoms with van der Waals surface area (Å²) in [5.74, 6) is -0.567. The lowest BCUT2D eigenvalue weighted by atomic mass is 10.1. The van der Waals surface area contributed by atoms with E-state index in [0.717, 1.165) is 16.7 Å². The molecule has 28 heavy (non-hydrogen) atoms. The molecule has 0 bridgehead atoms. The van der Waals surface area contributed by atoms with E-state index in [0.29, 0.717) is 23.6 Å². The number of nitrogens with one attached hydrogen (secondary N) is 1. The molecule has 0 fully saturated rings. The maximum absolute atomic E-state index is 12.0. The molecular formula is C21H23N2O5-. The molecule has 0 spiro atoms. The zero-order chi connectivity index (χ0) is 20.5. The second kappa shape index (κ2) is 10.1. The Kier molecular flexibility index (Phi) is 7.56. The van der Waals surface area contributed by atoms with Gasteiger partial charge in [0.25, 0.3) is 5.91 Å².